The maximum atomic E-state index is 12.7. The van der Waals surface area contributed by atoms with E-state index in [0.717, 1.165) is 4.79 Å². The minimum absolute atomic E-state index is 0.0555. The smallest absolute Gasteiger partial charge is 0.210 e. The zero-order chi connectivity index (χ0) is 17.9. The van der Waals surface area contributed by atoms with E-state index >= 15 is 0 Å². The van der Waals surface area contributed by atoms with Gasteiger partial charge in [-0.3, -0.25) is 0 Å². The van der Waals surface area contributed by atoms with Crippen LogP contribution in [0.15, 0.2) is 71.6 Å². The van der Waals surface area contributed by atoms with Crippen LogP contribution in [0.2, 0.25) is 0 Å². The summed E-state index contributed by atoms with van der Waals surface area (Å²) in [5, 5.41) is 3.98. The zero-order valence-electron chi connectivity index (χ0n) is 13.0. The highest BCUT2D eigenvalue weighted by Gasteiger charge is 2.19. The van der Waals surface area contributed by atoms with Crippen molar-refractivity contribution < 1.29 is 17.2 Å². The van der Waals surface area contributed by atoms with E-state index in [1.807, 2.05) is 0 Å². The van der Waals surface area contributed by atoms with Crippen LogP contribution in [-0.4, -0.2) is 24.7 Å². The van der Waals surface area contributed by atoms with E-state index < -0.39 is 22.9 Å². The third kappa shape index (κ3) is 4.03. The van der Waals surface area contributed by atoms with E-state index in [4.69, 9.17) is 0 Å². The van der Waals surface area contributed by atoms with Gasteiger partial charge in [0, 0.05) is 5.56 Å². The topological polar surface area (TPSA) is 64.0 Å². The second-order valence-corrected chi connectivity index (χ2v) is 6.96. The first kappa shape index (κ1) is 17.1. The summed E-state index contributed by atoms with van der Waals surface area (Å²) in [7, 11) is -3.90. The lowest BCUT2D eigenvalue weighted by molar-refractivity contribution is 0.147. The standard InChI is InChI=1S/C17H15F2N3O2S/c18-17(19)12-14-11-16(13-7-3-1-4-8-13)22(20-14)21-25(23,24)15-9-5-2-6-10-15/h1-11,17,21H,12H2. The first-order chi connectivity index (χ1) is 12.0. The van der Waals surface area contributed by atoms with Crippen molar-refractivity contribution in [3.63, 3.8) is 0 Å². The van der Waals surface area contributed by atoms with Gasteiger partial charge in [0.2, 0.25) is 6.43 Å². The molecule has 0 fully saturated rings. The molecule has 8 heteroatoms. The molecule has 0 atom stereocenters. The summed E-state index contributed by atoms with van der Waals surface area (Å²) >= 11 is 0. The highest BCUT2D eigenvalue weighted by Crippen LogP contribution is 2.22. The van der Waals surface area contributed by atoms with Gasteiger partial charge in [-0.05, 0) is 18.2 Å². The Morgan fingerprint density at radius 3 is 2.20 bits per heavy atom. The second-order valence-electron chi connectivity index (χ2n) is 5.30. The van der Waals surface area contributed by atoms with Crippen molar-refractivity contribution in [2.45, 2.75) is 17.7 Å². The lowest BCUT2D eigenvalue weighted by atomic mass is 10.1. The van der Waals surface area contributed by atoms with Crippen molar-refractivity contribution in [2.75, 3.05) is 4.83 Å². The van der Waals surface area contributed by atoms with Crippen molar-refractivity contribution in [3.8, 4) is 11.3 Å². The minimum atomic E-state index is -3.90. The van der Waals surface area contributed by atoms with Crippen LogP contribution in [0.25, 0.3) is 11.3 Å². The van der Waals surface area contributed by atoms with Crippen molar-refractivity contribution in [2.24, 2.45) is 0 Å². The van der Waals surface area contributed by atoms with Gasteiger partial charge in [0.15, 0.2) is 0 Å². The maximum absolute atomic E-state index is 12.7. The van der Waals surface area contributed by atoms with Gasteiger partial charge in [0.05, 0.1) is 22.7 Å². The molecule has 0 unspecified atom stereocenters. The average Bonchev–Trinajstić information content (AvgIpc) is 2.97. The number of rotatable bonds is 6. The monoisotopic (exact) mass is 363 g/mol. The number of alkyl halides is 2. The number of sulfonamides is 1. The SMILES string of the molecule is O=S(=O)(Nn1nc(CC(F)F)cc1-c1ccccc1)c1ccccc1. The normalized spacial score (nSPS) is 11.6. The Hall–Kier alpha value is -2.74. The van der Waals surface area contributed by atoms with Crippen molar-refractivity contribution in [3.05, 3.63) is 72.4 Å². The summed E-state index contributed by atoms with van der Waals surface area (Å²) in [5.41, 5.74) is 1.15. The molecule has 3 rings (SSSR count). The van der Waals surface area contributed by atoms with Crippen LogP contribution >= 0.6 is 0 Å². The maximum Gasteiger partial charge on any atom is 0.276 e. The Kier molecular flexibility index (Phi) is 4.80. The van der Waals surface area contributed by atoms with Crippen LogP contribution < -0.4 is 4.83 Å². The Labute approximate surface area is 143 Å². The number of hydrogen-bond acceptors (Lipinski definition) is 3. The molecule has 0 aliphatic carbocycles. The summed E-state index contributed by atoms with van der Waals surface area (Å²) in [6.07, 6.45) is -3.13. The quantitative estimate of drug-likeness (QED) is 0.731. The molecule has 0 radical (unpaired) electrons. The summed E-state index contributed by atoms with van der Waals surface area (Å²) < 4.78 is 50.4. The molecule has 1 N–H and O–H groups in total. The van der Waals surface area contributed by atoms with Crippen LogP contribution in [0, 0.1) is 0 Å². The molecule has 0 saturated heterocycles. The summed E-state index contributed by atoms with van der Waals surface area (Å²) in [6, 6.07) is 18.1. The number of benzene rings is 2. The molecular formula is C17H15F2N3O2S. The van der Waals surface area contributed by atoms with Gasteiger partial charge in [0.1, 0.15) is 0 Å². The molecule has 0 aliphatic rings. The van der Waals surface area contributed by atoms with Crippen LogP contribution in [-0.2, 0) is 16.4 Å². The Bertz CT molecular complexity index is 943. The Morgan fingerprint density at radius 1 is 1.00 bits per heavy atom. The number of hydrogen-bond donors (Lipinski definition) is 1. The van der Waals surface area contributed by atoms with Crippen molar-refractivity contribution in [1.29, 1.82) is 0 Å². The fourth-order valence-corrected chi connectivity index (χ4v) is 3.33. The van der Waals surface area contributed by atoms with Crippen LogP contribution in [0.4, 0.5) is 8.78 Å². The molecule has 130 valence electrons. The van der Waals surface area contributed by atoms with E-state index in [-0.39, 0.29) is 10.6 Å². The summed E-state index contributed by atoms with van der Waals surface area (Å²) in [4.78, 5) is 3.41. The van der Waals surface area contributed by atoms with Crippen molar-refractivity contribution >= 4 is 10.0 Å². The Morgan fingerprint density at radius 2 is 1.60 bits per heavy atom. The van der Waals surface area contributed by atoms with E-state index in [9.17, 15) is 17.2 Å². The fraction of sp³-hybridized carbons (Fsp3) is 0.118. The van der Waals surface area contributed by atoms with Gasteiger partial charge < -0.3 is 0 Å². The number of nitrogens with zero attached hydrogens (tertiary/aromatic N) is 2. The first-order valence-corrected chi connectivity index (χ1v) is 8.94. The molecule has 25 heavy (non-hydrogen) atoms. The van der Waals surface area contributed by atoms with Crippen LogP contribution in [0.1, 0.15) is 5.69 Å². The fourth-order valence-electron chi connectivity index (χ4n) is 2.34. The lowest BCUT2D eigenvalue weighted by Crippen LogP contribution is -2.25. The third-order valence-corrected chi connectivity index (χ3v) is 4.76. The summed E-state index contributed by atoms with van der Waals surface area (Å²) in [5.74, 6) is 0. The van der Waals surface area contributed by atoms with Gasteiger partial charge in [0.25, 0.3) is 10.0 Å². The molecule has 0 amide bonds. The largest absolute Gasteiger partial charge is 0.276 e. The molecule has 0 bridgehead atoms. The van der Waals surface area contributed by atoms with E-state index in [2.05, 4.69) is 9.93 Å². The highest BCUT2D eigenvalue weighted by atomic mass is 32.2. The molecular weight excluding hydrogens is 348 g/mol. The molecule has 2 aromatic carbocycles. The predicted octanol–water partition coefficient (Wildman–Crippen LogP) is 3.29. The van der Waals surface area contributed by atoms with Gasteiger partial charge >= 0.3 is 0 Å². The van der Waals surface area contributed by atoms with Gasteiger partial charge in [-0.25, -0.2) is 8.78 Å². The second kappa shape index (κ2) is 7.02. The van der Waals surface area contributed by atoms with E-state index in [0.29, 0.717) is 11.3 Å². The number of halogens is 2. The average molecular weight is 363 g/mol. The first-order valence-electron chi connectivity index (χ1n) is 7.46. The molecule has 0 spiro atoms. The van der Waals surface area contributed by atoms with E-state index in [1.165, 1.54) is 18.2 Å². The van der Waals surface area contributed by atoms with Crippen molar-refractivity contribution in [1.82, 2.24) is 9.89 Å². The summed E-state index contributed by atoms with van der Waals surface area (Å²) in [6.45, 7) is 0. The minimum Gasteiger partial charge on any atom is -0.210 e. The van der Waals surface area contributed by atoms with Gasteiger partial charge in [-0.1, -0.05) is 48.5 Å². The van der Waals surface area contributed by atoms with Gasteiger partial charge in [-0.2, -0.15) is 23.1 Å². The molecule has 0 aliphatic heterocycles. The molecule has 5 nitrogen and oxygen atoms in total. The van der Waals surface area contributed by atoms with Gasteiger partial charge in [-0.15, -0.1) is 0 Å². The molecule has 0 saturated carbocycles. The molecule has 1 heterocycles. The Balaban J connectivity index is 2.01. The molecule has 1 aromatic heterocycles. The lowest BCUT2D eigenvalue weighted by Gasteiger charge is -2.11. The third-order valence-electron chi connectivity index (χ3n) is 3.45. The molecule has 3 aromatic rings. The van der Waals surface area contributed by atoms with Crippen LogP contribution in [0.3, 0.4) is 0 Å². The number of aromatic nitrogens is 2. The van der Waals surface area contributed by atoms with E-state index in [1.54, 1.807) is 48.5 Å². The number of nitrogens with one attached hydrogen (secondary N) is 1. The van der Waals surface area contributed by atoms with Crippen LogP contribution in [0.5, 0.6) is 0 Å². The predicted molar refractivity (Wildman–Crippen MR) is 90.4 cm³/mol. The highest BCUT2D eigenvalue weighted by molar-refractivity contribution is 7.92. The zero-order valence-corrected chi connectivity index (χ0v) is 13.8.